The number of nitrogens with zero attached hydrogens (tertiary/aromatic N) is 3. The zero-order valence-corrected chi connectivity index (χ0v) is 10.0. The molecule has 3 aromatic rings. The maximum Gasteiger partial charge on any atom is 0.259 e. The molecule has 0 saturated carbocycles. The second-order valence-electron chi connectivity index (χ2n) is 3.48. The maximum absolute atomic E-state index is 11.9. The third kappa shape index (κ3) is 1.74. The molecule has 2 N–H and O–H groups in total. The van der Waals surface area contributed by atoms with Gasteiger partial charge in [0.05, 0.1) is 5.56 Å². The number of pyridine rings is 1. The number of H-pyrrole nitrogens is 2. The molecule has 0 spiro atoms. The molecule has 1 aromatic carbocycles. The molecule has 0 amide bonds. The Balaban J connectivity index is 2.32. The van der Waals surface area contributed by atoms with E-state index in [1.54, 1.807) is 6.07 Å². The highest BCUT2D eigenvalue weighted by Crippen LogP contribution is 2.19. The van der Waals surface area contributed by atoms with E-state index in [0.29, 0.717) is 5.56 Å². The van der Waals surface area contributed by atoms with E-state index in [4.69, 9.17) is 0 Å². The van der Waals surface area contributed by atoms with Crippen LogP contribution in [0, 0.1) is 0 Å². The predicted octanol–water partition coefficient (Wildman–Crippen LogP) is 1.47. The molecule has 0 fully saturated rings. The molecule has 0 bridgehead atoms. The Hall–Kier alpha value is -2.02. The molecule has 0 aliphatic rings. The van der Waals surface area contributed by atoms with E-state index in [2.05, 4.69) is 41.5 Å². The number of fused-ring (bicyclic) bond motifs is 1. The molecule has 0 radical (unpaired) electrons. The fourth-order valence-electron chi connectivity index (χ4n) is 1.62. The lowest BCUT2D eigenvalue weighted by Crippen LogP contribution is -2.09. The van der Waals surface area contributed by atoms with E-state index in [9.17, 15) is 4.79 Å². The first-order chi connectivity index (χ1) is 8.24. The smallest absolute Gasteiger partial charge is 0.259 e. The minimum absolute atomic E-state index is 0.239. The van der Waals surface area contributed by atoms with Gasteiger partial charge < -0.3 is 4.98 Å². The van der Waals surface area contributed by atoms with Crippen LogP contribution in [0.2, 0.25) is 0 Å². The zero-order valence-electron chi connectivity index (χ0n) is 8.44. The average molecular weight is 292 g/mol. The number of benzene rings is 1. The van der Waals surface area contributed by atoms with Crippen molar-refractivity contribution in [2.24, 2.45) is 0 Å². The van der Waals surface area contributed by atoms with Crippen LogP contribution in [0.25, 0.3) is 22.3 Å². The van der Waals surface area contributed by atoms with Crippen molar-refractivity contribution in [3.05, 3.63) is 39.1 Å². The SMILES string of the molecule is O=c1[nH]c2cc(Br)ccc2cc1-c1nn[nH]n1. The first kappa shape index (κ1) is 10.2. The molecular formula is C10H6BrN5O. The summed E-state index contributed by atoms with van der Waals surface area (Å²) < 4.78 is 0.910. The molecule has 2 heterocycles. The van der Waals surface area contributed by atoms with Crippen molar-refractivity contribution in [3.8, 4) is 11.4 Å². The largest absolute Gasteiger partial charge is 0.321 e. The third-order valence-electron chi connectivity index (χ3n) is 2.39. The van der Waals surface area contributed by atoms with Gasteiger partial charge in [0.15, 0.2) is 0 Å². The van der Waals surface area contributed by atoms with Crippen molar-refractivity contribution in [1.82, 2.24) is 25.6 Å². The average Bonchev–Trinajstić information content (AvgIpc) is 2.81. The lowest BCUT2D eigenvalue weighted by Gasteiger charge is -2.00. The van der Waals surface area contributed by atoms with Gasteiger partial charge in [0.2, 0.25) is 5.82 Å². The van der Waals surface area contributed by atoms with Gasteiger partial charge in [-0.2, -0.15) is 5.21 Å². The van der Waals surface area contributed by atoms with Crippen LogP contribution < -0.4 is 5.56 Å². The van der Waals surface area contributed by atoms with Crippen LogP contribution in [-0.2, 0) is 0 Å². The Kier molecular flexibility index (Phi) is 2.25. The number of rotatable bonds is 1. The monoisotopic (exact) mass is 291 g/mol. The van der Waals surface area contributed by atoms with Crippen LogP contribution in [0.15, 0.2) is 33.5 Å². The second kappa shape index (κ2) is 3.77. The number of halogens is 1. The van der Waals surface area contributed by atoms with Crippen molar-refractivity contribution in [1.29, 1.82) is 0 Å². The first-order valence-corrected chi connectivity index (χ1v) is 5.60. The van der Waals surface area contributed by atoms with E-state index in [1.807, 2.05) is 18.2 Å². The second-order valence-corrected chi connectivity index (χ2v) is 4.39. The van der Waals surface area contributed by atoms with Crippen LogP contribution >= 0.6 is 15.9 Å². The van der Waals surface area contributed by atoms with Gasteiger partial charge >= 0.3 is 0 Å². The predicted molar refractivity (Wildman–Crippen MR) is 65.4 cm³/mol. The van der Waals surface area contributed by atoms with E-state index >= 15 is 0 Å². The summed E-state index contributed by atoms with van der Waals surface area (Å²) in [6.45, 7) is 0. The van der Waals surface area contributed by atoms with E-state index in [0.717, 1.165) is 15.4 Å². The van der Waals surface area contributed by atoms with Gasteiger partial charge in [-0.1, -0.05) is 22.0 Å². The Morgan fingerprint density at radius 1 is 1.24 bits per heavy atom. The third-order valence-corrected chi connectivity index (χ3v) is 2.89. The molecule has 6 nitrogen and oxygen atoms in total. The molecule has 0 aliphatic carbocycles. The molecule has 0 saturated heterocycles. The fourth-order valence-corrected chi connectivity index (χ4v) is 1.98. The number of hydrogen-bond acceptors (Lipinski definition) is 4. The number of hydrogen-bond donors (Lipinski definition) is 2. The van der Waals surface area contributed by atoms with Crippen molar-refractivity contribution in [3.63, 3.8) is 0 Å². The fraction of sp³-hybridized carbons (Fsp3) is 0. The van der Waals surface area contributed by atoms with Gasteiger partial charge in [-0.15, -0.1) is 10.2 Å². The van der Waals surface area contributed by atoms with Crippen LogP contribution in [0.4, 0.5) is 0 Å². The van der Waals surface area contributed by atoms with Gasteiger partial charge in [0.1, 0.15) is 0 Å². The summed E-state index contributed by atoms with van der Waals surface area (Å²) in [5.74, 6) is 0.288. The van der Waals surface area contributed by atoms with Crippen LogP contribution in [0.1, 0.15) is 0 Å². The van der Waals surface area contributed by atoms with Crippen LogP contribution in [-0.4, -0.2) is 25.6 Å². The van der Waals surface area contributed by atoms with Crippen LogP contribution in [0.5, 0.6) is 0 Å². The van der Waals surface area contributed by atoms with Crippen molar-refractivity contribution >= 4 is 26.8 Å². The van der Waals surface area contributed by atoms with Crippen molar-refractivity contribution in [2.75, 3.05) is 0 Å². The summed E-state index contributed by atoms with van der Waals surface area (Å²) in [6, 6.07) is 7.39. The molecule has 7 heteroatoms. The minimum atomic E-state index is -0.239. The van der Waals surface area contributed by atoms with Crippen LogP contribution in [0.3, 0.4) is 0 Å². The number of aromatic nitrogens is 5. The molecule has 17 heavy (non-hydrogen) atoms. The molecule has 0 aliphatic heterocycles. The quantitative estimate of drug-likeness (QED) is 0.711. The highest BCUT2D eigenvalue weighted by molar-refractivity contribution is 9.10. The number of tetrazole rings is 1. The maximum atomic E-state index is 11.9. The van der Waals surface area contributed by atoms with Gasteiger partial charge in [-0.3, -0.25) is 4.79 Å². The summed E-state index contributed by atoms with van der Waals surface area (Å²) >= 11 is 3.35. The summed E-state index contributed by atoms with van der Waals surface area (Å²) in [6.07, 6.45) is 0. The highest BCUT2D eigenvalue weighted by atomic mass is 79.9. The van der Waals surface area contributed by atoms with E-state index < -0.39 is 0 Å². The molecular weight excluding hydrogens is 286 g/mol. The summed E-state index contributed by atoms with van der Waals surface area (Å²) in [5.41, 5.74) is 0.919. The van der Waals surface area contributed by atoms with Gasteiger partial charge in [-0.05, 0) is 28.8 Å². The van der Waals surface area contributed by atoms with Gasteiger partial charge in [-0.25, -0.2) is 0 Å². The molecule has 3 rings (SSSR count). The Morgan fingerprint density at radius 3 is 2.88 bits per heavy atom. The Labute approximate surface area is 103 Å². The van der Waals surface area contributed by atoms with E-state index in [1.165, 1.54) is 0 Å². The Morgan fingerprint density at radius 2 is 2.12 bits per heavy atom. The standard InChI is InChI=1S/C10H6BrN5O/c11-6-2-1-5-3-7(9-13-15-16-14-9)10(17)12-8(5)4-6/h1-4H,(H,12,17)(H,13,14,15,16). The first-order valence-electron chi connectivity index (χ1n) is 4.80. The Bertz CT molecular complexity index is 734. The van der Waals surface area contributed by atoms with Gasteiger partial charge in [0.25, 0.3) is 5.56 Å². The van der Waals surface area contributed by atoms with Gasteiger partial charge in [0, 0.05) is 9.99 Å². The molecule has 84 valence electrons. The molecule has 2 aromatic heterocycles. The normalized spacial score (nSPS) is 10.9. The number of aromatic amines is 2. The summed E-state index contributed by atoms with van der Waals surface area (Å²) in [5, 5.41) is 14.3. The minimum Gasteiger partial charge on any atom is -0.321 e. The topological polar surface area (TPSA) is 87.3 Å². The lowest BCUT2D eigenvalue weighted by atomic mass is 10.1. The van der Waals surface area contributed by atoms with Crippen molar-refractivity contribution in [2.45, 2.75) is 0 Å². The van der Waals surface area contributed by atoms with Crippen molar-refractivity contribution < 1.29 is 0 Å². The van der Waals surface area contributed by atoms with E-state index in [-0.39, 0.29) is 11.4 Å². The highest BCUT2D eigenvalue weighted by Gasteiger charge is 2.09. The molecule has 0 unspecified atom stereocenters. The summed E-state index contributed by atoms with van der Waals surface area (Å²) in [4.78, 5) is 14.6. The zero-order chi connectivity index (χ0) is 11.8. The number of nitrogens with one attached hydrogen (secondary N) is 2. The molecule has 0 atom stereocenters. The lowest BCUT2D eigenvalue weighted by molar-refractivity contribution is 0.881. The summed E-state index contributed by atoms with van der Waals surface area (Å²) in [7, 11) is 0.